The molecular formula is C17H27N5O3S2. The van der Waals surface area contributed by atoms with E-state index >= 15 is 0 Å². The number of amides is 3. The second kappa shape index (κ2) is 11.8. The maximum Gasteiger partial charge on any atom is 0.404 e. The molecule has 0 radical (unpaired) electrons. The van der Waals surface area contributed by atoms with Gasteiger partial charge in [0.2, 0.25) is 0 Å². The van der Waals surface area contributed by atoms with Crippen LogP contribution in [0.25, 0.3) is 0 Å². The topological polar surface area (TPSA) is 96.9 Å². The minimum atomic E-state index is -1.00. The summed E-state index contributed by atoms with van der Waals surface area (Å²) in [5, 5.41) is 16.4. The van der Waals surface area contributed by atoms with Crippen molar-refractivity contribution in [3.05, 3.63) is 24.3 Å². The molecule has 0 atom stereocenters. The molecule has 1 aliphatic rings. The van der Waals surface area contributed by atoms with Crippen LogP contribution < -0.4 is 20.9 Å². The van der Waals surface area contributed by atoms with Crippen molar-refractivity contribution < 1.29 is 14.7 Å². The van der Waals surface area contributed by atoms with E-state index in [0.717, 1.165) is 37.6 Å². The lowest BCUT2D eigenvalue weighted by molar-refractivity contribution is 0.195. The molecule has 3 amide bonds. The van der Waals surface area contributed by atoms with E-state index in [1.165, 1.54) is 5.69 Å². The van der Waals surface area contributed by atoms with Crippen LogP contribution in [0, 0.1) is 0 Å². The summed E-state index contributed by atoms with van der Waals surface area (Å²) in [4.78, 5) is 26.9. The van der Waals surface area contributed by atoms with Crippen LogP contribution >= 0.6 is 21.6 Å². The summed E-state index contributed by atoms with van der Waals surface area (Å²) in [5.41, 5.74) is 1.95. The Morgan fingerprint density at radius 1 is 1.00 bits per heavy atom. The van der Waals surface area contributed by atoms with Crippen LogP contribution in [0.2, 0.25) is 0 Å². The van der Waals surface area contributed by atoms with Gasteiger partial charge in [-0.3, -0.25) is 0 Å². The second-order valence-corrected chi connectivity index (χ2v) is 8.80. The summed E-state index contributed by atoms with van der Waals surface area (Å²) in [6.45, 7) is 5.14. The largest absolute Gasteiger partial charge is 0.465 e. The molecular weight excluding hydrogens is 386 g/mol. The van der Waals surface area contributed by atoms with Gasteiger partial charge in [-0.15, -0.1) is 0 Å². The maximum atomic E-state index is 11.9. The number of hydrogen-bond donors (Lipinski definition) is 4. The number of benzene rings is 1. The molecule has 0 spiro atoms. The zero-order valence-corrected chi connectivity index (χ0v) is 17.1. The van der Waals surface area contributed by atoms with Gasteiger partial charge in [0, 0.05) is 62.1 Å². The summed E-state index contributed by atoms with van der Waals surface area (Å²) in [6, 6.07) is 7.71. The summed E-state index contributed by atoms with van der Waals surface area (Å²) in [5.74, 6) is 1.45. The summed E-state index contributed by atoms with van der Waals surface area (Å²) < 4.78 is 0. The third-order valence-corrected chi connectivity index (χ3v) is 6.42. The van der Waals surface area contributed by atoms with E-state index in [0.29, 0.717) is 18.8 Å². The second-order valence-electron chi connectivity index (χ2n) is 6.09. The number of likely N-dealkylation sites (N-methyl/N-ethyl adjacent to an activating group) is 1. The molecule has 1 fully saturated rings. The van der Waals surface area contributed by atoms with Crippen molar-refractivity contribution in [1.29, 1.82) is 0 Å². The van der Waals surface area contributed by atoms with Gasteiger partial charge < -0.3 is 30.9 Å². The van der Waals surface area contributed by atoms with Gasteiger partial charge >= 0.3 is 12.1 Å². The normalized spacial score (nSPS) is 14.6. The zero-order chi connectivity index (χ0) is 19.5. The van der Waals surface area contributed by atoms with Crippen LogP contribution in [0.5, 0.6) is 0 Å². The summed E-state index contributed by atoms with van der Waals surface area (Å²) in [6.07, 6.45) is -1.00. The Morgan fingerprint density at radius 2 is 1.59 bits per heavy atom. The molecule has 1 aliphatic heterocycles. The molecule has 4 N–H and O–H groups in total. The minimum Gasteiger partial charge on any atom is -0.465 e. The number of nitrogens with zero attached hydrogens (tertiary/aromatic N) is 2. The standard InChI is InChI=1S/C17H27N5O3S2/c1-21-8-10-22(11-9-21)15-4-2-14(3-5-15)20-16(23)18-6-12-26-27-13-7-19-17(24)25/h2-5,19H,6-13H2,1H3,(H,24,25)(H2,18,20,23). The Bertz CT molecular complexity index is 595. The smallest absolute Gasteiger partial charge is 0.404 e. The van der Waals surface area contributed by atoms with E-state index in [1.54, 1.807) is 21.6 Å². The number of carbonyl (C=O) groups is 2. The fourth-order valence-corrected chi connectivity index (χ4v) is 4.33. The van der Waals surface area contributed by atoms with Crippen LogP contribution in [0.4, 0.5) is 21.0 Å². The predicted molar refractivity (Wildman–Crippen MR) is 114 cm³/mol. The highest BCUT2D eigenvalue weighted by Gasteiger charge is 2.14. The van der Waals surface area contributed by atoms with E-state index in [2.05, 4.69) is 32.8 Å². The monoisotopic (exact) mass is 413 g/mol. The highest BCUT2D eigenvalue weighted by atomic mass is 33.1. The van der Waals surface area contributed by atoms with E-state index in [4.69, 9.17) is 5.11 Å². The minimum absolute atomic E-state index is 0.222. The number of rotatable bonds is 9. The van der Waals surface area contributed by atoms with Crippen LogP contribution in [0.3, 0.4) is 0 Å². The molecule has 1 aromatic carbocycles. The molecule has 0 saturated carbocycles. The Balaban J connectivity index is 1.58. The fraction of sp³-hybridized carbons (Fsp3) is 0.529. The lowest BCUT2D eigenvalue weighted by atomic mass is 10.2. The zero-order valence-electron chi connectivity index (χ0n) is 15.4. The molecule has 27 heavy (non-hydrogen) atoms. The molecule has 8 nitrogen and oxygen atoms in total. The third-order valence-electron chi connectivity index (χ3n) is 4.01. The number of carbonyl (C=O) groups excluding carboxylic acids is 1. The van der Waals surface area contributed by atoms with E-state index in [9.17, 15) is 9.59 Å². The first-order valence-corrected chi connectivity index (χ1v) is 11.3. The van der Waals surface area contributed by atoms with Crippen LogP contribution in [-0.4, -0.2) is 80.0 Å². The summed E-state index contributed by atoms with van der Waals surface area (Å²) in [7, 11) is 5.32. The fourth-order valence-electron chi connectivity index (χ4n) is 2.52. The van der Waals surface area contributed by atoms with Gasteiger partial charge in [-0.25, -0.2) is 9.59 Å². The van der Waals surface area contributed by atoms with Crippen LogP contribution in [0.15, 0.2) is 24.3 Å². The lowest BCUT2D eigenvalue weighted by Crippen LogP contribution is -2.44. The highest BCUT2D eigenvalue weighted by molar-refractivity contribution is 8.76. The number of anilines is 2. The molecule has 0 unspecified atom stereocenters. The first kappa shape index (κ1) is 21.5. The Kier molecular flexibility index (Phi) is 9.43. The molecule has 1 saturated heterocycles. The van der Waals surface area contributed by atoms with Crippen LogP contribution in [0.1, 0.15) is 0 Å². The van der Waals surface area contributed by atoms with Gasteiger partial charge in [0.25, 0.3) is 0 Å². The van der Waals surface area contributed by atoms with Crippen molar-refractivity contribution in [2.75, 3.05) is 68.0 Å². The van der Waals surface area contributed by atoms with Gasteiger partial charge in [-0.2, -0.15) is 0 Å². The Morgan fingerprint density at radius 3 is 2.19 bits per heavy atom. The van der Waals surface area contributed by atoms with Gasteiger partial charge in [0.1, 0.15) is 0 Å². The number of nitrogens with one attached hydrogen (secondary N) is 3. The number of piperazine rings is 1. The van der Waals surface area contributed by atoms with Crippen molar-refractivity contribution in [2.24, 2.45) is 0 Å². The van der Waals surface area contributed by atoms with Crippen molar-refractivity contribution in [3.63, 3.8) is 0 Å². The molecule has 0 bridgehead atoms. The Hall–Kier alpha value is -1.78. The number of urea groups is 1. The van der Waals surface area contributed by atoms with Crippen molar-refractivity contribution >= 4 is 45.1 Å². The van der Waals surface area contributed by atoms with E-state index in [1.807, 2.05) is 24.3 Å². The number of carboxylic acid groups (broad SMARTS) is 1. The molecule has 150 valence electrons. The molecule has 1 heterocycles. The first-order chi connectivity index (χ1) is 13.0. The highest BCUT2D eigenvalue weighted by Crippen LogP contribution is 2.20. The average molecular weight is 414 g/mol. The van der Waals surface area contributed by atoms with Crippen molar-refractivity contribution in [3.8, 4) is 0 Å². The Labute approximate surface area is 167 Å². The summed E-state index contributed by atoms with van der Waals surface area (Å²) >= 11 is 0. The van der Waals surface area contributed by atoms with E-state index in [-0.39, 0.29) is 6.03 Å². The first-order valence-electron chi connectivity index (χ1n) is 8.84. The van der Waals surface area contributed by atoms with Gasteiger partial charge in [0.15, 0.2) is 0 Å². The molecule has 0 aromatic heterocycles. The molecule has 1 aromatic rings. The van der Waals surface area contributed by atoms with Gasteiger partial charge in [-0.1, -0.05) is 21.6 Å². The van der Waals surface area contributed by atoms with Crippen molar-refractivity contribution in [2.45, 2.75) is 0 Å². The third kappa shape index (κ3) is 8.63. The maximum absolute atomic E-state index is 11.9. The quantitative estimate of drug-likeness (QED) is 0.364. The molecule has 10 heteroatoms. The predicted octanol–water partition coefficient (Wildman–Crippen LogP) is 2.21. The van der Waals surface area contributed by atoms with E-state index < -0.39 is 6.09 Å². The van der Waals surface area contributed by atoms with Crippen molar-refractivity contribution in [1.82, 2.24) is 15.5 Å². The van der Waals surface area contributed by atoms with Gasteiger partial charge in [0.05, 0.1) is 0 Å². The average Bonchev–Trinajstić information content (AvgIpc) is 2.65. The number of hydrogen-bond acceptors (Lipinski definition) is 6. The molecule has 2 rings (SSSR count). The van der Waals surface area contributed by atoms with Gasteiger partial charge in [-0.05, 0) is 31.3 Å². The lowest BCUT2D eigenvalue weighted by Gasteiger charge is -2.34. The van der Waals surface area contributed by atoms with Crippen LogP contribution in [-0.2, 0) is 0 Å². The SMILES string of the molecule is CN1CCN(c2ccc(NC(=O)NCCSSCCNC(=O)O)cc2)CC1. The molecule has 0 aliphatic carbocycles.